The third-order valence-corrected chi connectivity index (χ3v) is 5.24. The highest BCUT2D eigenvalue weighted by atomic mass is 16.7. The molecule has 1 N–H and O–H groups in total. The average Bonchev–Trinajstić information content (AvgIpc) is 3.12. The molecule has 1 saturated heterocycles. The Labute approximate surface area is 152 Å². The number of aryl methyl sites for hydroxylation is 1. The van der Waals surface area contributed by atoms with Gasteiger partial charge in [0.2, 0.25) is 6.79 Å². The summed E-state index contributed by atoms with van der Waals surface area (Å²) >= 11 is 0. The molecule has 2 aliphatic rings. The van der Waals surface area contributed by atoms with Gasteiger partial charge in [0.05, 0.1) is 12.0 Å². The van der Waals surface area contributed by atoms with Crippen molar-refractivity contribution in [1.82, 2.24) is 9.88 Å². The molecule has 0 radical (unpaired) electrons. The topological polar surface area (TPSA) is 71.9 Å². The number of fused-ring (bicyclic) bond motifs is 1. The van der Waals surface area contributed by atoms with Crippen LogP contribution in [0.3, 0.4) is 0 Å². The number of carboxylic acids is 1. The highest BCUT2D eigenvalue weighted by molar-refractivity contribution is 5.70. The second kappa shape index (κ2) is 6.96. The molecule has 0 saturated carbocycles. The molecule has 0 aliphatic carbocycles. The number of nitrogens with zero attached hydrogens (tertiary/aromatic N) is 2. The number of aliphatic carboxylic acids is 1. The van der Waals surface area contributed by atoms with E-state index < -0.39 is 5.97 Å². The summed E-state index contributed by atoms with van der Waals surface area (Å²) in [6, 6.07) is 7.98. The molecule has 4 rings (SSSR count). The first-order chi connectivity index (χ1) is 12.6. The van der Waals surface area contributed by atoms with Gasteiger partial charge in [-0.2, -0.15) is 0 Å². The van der Waals surface area contributed by atoms with E-state index in [4.69, 9.17) is 9.47 Å². The lowest BCUT2D eigenvalue weighted by Gasteiger charge is -2.38. The van der Waals surface area contributed by atoms with Crippen LogP contribution in [0.4, 0.5) is 0 Å². The fourth-order valence-corrected chi connectivity index (χ4v) is 3.90. The van der Waals surface area contributed by atoms with Crippen molar-refractivity contribution in [3.63, 3.8) is 0 Å². The number of rotatable bonds is 4. The van der Waals surface area contributed by atoms with Crippen molar-refractivity contribution in [3.8, 4) is 11.5 Å². The first kappa shape index (κ1) is 16.8. The van der Waals surface area contributed by atoms with Crippen molar-refractivity contribution in [2.75, 3.05) is 19.9 Å². The number of piperidine rings is 1. The third-order valence-electron chi connectivity index (χ3n) is 5.24. The fourth-order valence-electron chi connectivity index (χ4n) is 3.90. The van der Waals surface area contributed by atoms with E-state index in [0.29, 0.717) is 6.54 Å². The minimum atomic E-state index is -0.717. The van der Waals surface area contributed by atoms with Crippen molar-refractivity contribution in [2.24, 2.45) is 5.92 Å². The second-order valence-corrected chi connectivity index (χ2v) is 6.92. The molecule has 6 nitrogen and oxygen atoms in total. The van der Waals surface area contributed by atoms with E-state index in [2.05, 4.69) is 9.88 Å². The summed E-state index contributed by atoms with van der Waals surface area (Å²) in [5.74, 6) is 0.444. The zero-order valence-corrected chi connectivity index (χ0v) is 14.7. The summed E-state index contributed by atoms with van der Waals surface area (Å²) in [5.41, 5.74) is 3.31. The lowest BCUT2D eigenvalue weighted by molar-refractivity contribution is -0.143. The number of ether oxygens (including phenoxy) is 2. The maximum Gasteiger partial charge on any atom is 0.307 e. The Morgan fingerprint density at radius 1 is 1.31 bits per heavy atom. The van der Waals surface area contributed by atoms with Crippen molar-refractivity contribution in [3.05, 3.63) is 53.3 Å². The van der Waals surface area contributed by atoms with Gasteiger partial charge in [-0.15, -0.1) is 0 Å². The van der Waals surface area contributed by atoms with E-state index in [-0.39, 0.29) is 18.8 Å². The number of aromatic nitrogens is 1. The molecule has 2 aromatic rings. The number of hydrogen-bond donors (Lipinski definition) is 1. The molecular formula is C20H22N2O4. The molecular weight excluding hydrogens is 332 g/mol. The van der Waals surface area contributed by atoms with Gasteiger partial charge < -0.3 is 14.6 Å². The normalized spacial score (nSPS) is 20.7. The first-order valence-electron chi connectivity index (χ1n) is 8.90. The minimum absolute atomic E-state index is 0.0327. The summed E-state index contributed by atoms with van der Waals surface area (Å²) in [5, 5.41) is 9.49. The lowest BCUT2D eigenvalue weighted by Crippen LogP contribution is -2.41. The van der Waals surface area contributed by atoms with Gasteiger partial charge in [-0.05, 0) is 61.2 Å². The van der Waals surface area contributed by atoms with Crippen LogP contribution in [0.25, 0.3) is 0 Å². The maximum absolute atomic E-state index is 11.5. The summed E-state index contributed by atoms with van der Waals surface area (Å²) in [6.07, 6.45) is 5.26. The zero-order valence-electron chi connectivity index (χ0n) is 14.7. The SMILES string of the molecule is Cc1cnccc1C(c1ccc2c(c1)OCO2)N1CCCC(C(=O)O)C1. The minimum Gasteiger partial charge on any atom is -0.481 e. The van der Waals surface area contributed by atoms with E-state index in [0.717, 1.165) is 47.6 Å². The molecule has 0 spiro atoms. The van der Waals surface area contributed by atoms with Crippen LogP contribution in [0.2, 0.25) is 0 Å². The summed E-state index contributed by atoms with van der Waals surface area (Å²) in [4.78, 5) is 18.0. The van der Waals surface area contributed by atoms with E-state index in [9.17, 15) is 9.90 Å². The van der Waals surface area contributed by atoms with E-state index in [1.54, 1.807) is 6.20 Å². The van der Waals surface area contributed by atoms with Crippen LogP contribution in [-0.4, -0.2) is 40.8 Å². The van der Waals surface area contributed by atoms with Gasteiger partial charge in [0, 0.05) is 18.9 Å². The van der Waals surface area contributed by atoms with Gasteiger partial charge in [-0.1, -0.05) is 6.07 Å². The number of hydrogen-bond acceptors (Lipinski definition) is 5. The Bertz CT molecular complexity index is 823. The molecule has 2 atom stereocenters. The number of carbonyl (C=O) groups is 1. The van der Waals surface area contributed by atoms with Crippen LogP contribution < -0.4 is 9.47 Å². The molecule has 0 bridgehead atoms. The summed E-state index contributed by atoms with van der Waals surface area (Å²) < 4.78 is 11.0. The predicted molar refractivity (Wildman–Crippen MR) is 95.3 cm³/mol. The van der Waals surface area contributed by atoms with Crippen molar-refractivity contribution >= 4 is 5.97 Å². The molecule has 1 aromatic heterocycles. The predicted octanol–water partition coefficient (Wildman–Crippen LogP) is 3.00. The van der Waals surface area contributed by atoms with Crippen LogP contribution in [0.5, 0.6) is 11.5 Å². The van der Waals surface area contributed by atoms with Crippen LogP contribution in [0.1, 0.15) is 35.6 Å². The molecule has 1 aromatic carbocycles. The van der Waals surface area contributed by atoms with Crippen LogP contribution in [-0.2, 0) is 4.79 Å². The quantitative estimate of drug-likeness (QED) is 0.910. The summed E-state index contributed by atoms with van der Waals surface area (Å²) in [6.45, 7) is 3.68. The molecule has 26 heavy (non-hydrogen) atoms. The molecule has 136 valence electrons. The molecule has 2 aliphatic heterocycles. The number of benzene rings is 1. The van der Waals surface area contributed by atoms with Crippen LogP contribution in [0, 0.1) is 12.8 Å². The van der Waals surface area contributed by atoms with Gasteiger partial charge >= 0.3 is 5.97 Å². The number of likely N-dealkylation sites (tertiary alicyclic amines) is 1. The lowest BCUT2D eigenvalue weighted by atomic mass is 9.90. The molecule has 0 amide bonds. The van der Waals surface area contributed by atoms with Gasteiger partial charge in [-0.25, -0.2) is 0 Å². The Morgan fingerprint density at radius 2 is 2.15 bits per heavy atom. The van der Waals surface area contributed by atoms with E-state index in [1.165, 1.54) is 0 Å². The van der Waals surface area contributed by atoms with Crippen LogP contribution in [0.15, 0.2) is 36.7 Å². The van der Waals surface area contributed by atoms with Crippen LogP contribution >= 0.6 is 0 Å². The average molecular weight is 354 g/mol. The Kier molecular flexibility index (Phi) is 4.51. The Hall–Kier alpha value is -2.60. The highest BCUT2D eigenvalue weighted by Crippen LogP contribution is 2.39. The standard InChI is InChI=1S/C20H22N2O4/c1-13-10-21-7-6-16(13)19(22-8-2-3-15(11-22)20(23)24)14-4-5-17-18(9-14)26-12-25-17/h4-7,9-10,15,19H,2-3,8,11-12H2,1H3,(H,23,24). The highest BCUT2D eigenvalue weighted by Gasteiger charge is 2.32. The molecule has 2 unspecified atom stereocenters. The Balaban J connectivity index is 1.75. The van der Waals surface area contributed by atoms with Gasteiger partial charge in [0.1, 0.15) is 0 Å². The molecule has 6 heteroatoms. The first-order valence-corrected chi connectivity index (χ1v) is 8.90. The molecule has 3 heterocycles. The van der Waals surface area contributed by atoms with Gasteiger partial charge in [0.15, 0.2) is 11.5 Å². The largest absolute Gasteiger partial charge is 0.481 e. The second-order valence-electron chi connectivity index (χ2n) is 6.92. The van der Waals surface area contributed by atoms with Gasteiger partial charge in [0.25, 0.3) is 0 Å². The monoisotopic (exact) mass is 354 g/mol. The van der Waals surface area contributed by atoms with Crippen molar-refractivity contribution in [2.45, 2.75) is 25.8 Å². The zero-order chi connectivity index (χ0) is 18.1. The number of pyridine rings is 1. The number of carboxylic acid groups (broad SMARTS) is 1. The van der Waals surface area contributed by atoms with E-state index >= 15 is 0 Å². The van der Waals surface area contributed by atoms with Crippen molar-refractivity contribution in [1.29, 1.82) is 0 Å². The smallest absolute Gasteiger partial charge is 0.307 e. The van der Waals surface area contributed by atoms with Gasteiger partial charge in [-0.3, -0.25) is 14.7 Å². The maximum atomic E-state index is 11.5. The third kappa shape index (κ3) is 3.12. The van der Waals surface area contributed by atoms with E-state index in [1.807, 2.05) is 37.4 Å². The summed E-state index contributed by atoms with van der Waals surface area (Å²) in [7, 11) is 0. The fraction of sp³-hybridized carbons (Fsp3) is 0.400. The van der Waals surface area contributed by atoms with Crippen molar-refractivity contribution < 1.29 is 19.4 Å². The Morgan fingerprint density at radius 3 is 2.96 bits per heavy atom. The molecule has 1 fully saturated rings.